The molecule has 15 rings (SSSR count). The zero-order valence-electron chi connectivity index (χ0n) is 58.5. The highest BCUT2D eigenvalue weighted by molar-refractivity contribution is 7.23. The zero-order chi connectivity index (χ0) is 71.9. The maximum absolute atomic E-state index is 12.3. The standard InChI is InChI=1S/3C25H27N5O3S/c3*1-5-20(31)29-7-6-15(11-29)22-17(12-32-3)21(23-25(26)27-13-28-30(22)23)19-10-16-8-14(2)9-18(33-4)24(16)34-19/h3*5,8-10,13,15H,1,6-7,11-12H2,2-4H3,(H2,26,27,28)/t2*15-;/m10./s1. The number of nitrogen functional groups attached to an aromatic ring is 3. The van der Waals surface area contributed by atoms with Crippen LogP contribution in [0.15, 0.2) is 112 Å². The van der Waals surface area contributed by atoms with E-state index >= 15 is 0 Å². The van der Waals surface area contributed by atoms with Gasteiger partial charge < -0.3 is 60.3 Å². The lowest BCUT2D eigenvalue weighted by atomic mass is 9.98. The Balaban J connectivity index is 0.000000137. The number of benzene rings is 3. The molecule has 3 aromatic carbocycles. The van der Waals surface area contributed by atoms with E-state index in [1.807, 2.05) is 46.4 Å². The second-order valence-corrected chi connectivity index (χ2v) is 28.8. The predicted octanol–water partition coefficient (Wildman–Crippen LogP) is 12.5. The molecular weight excluding hydrogens is 1350 g/mol. The van der Waals surface area contributed by atoms with Gasteiger partial charge in [0.15, 0.2) is 17.5 Å². The molecule has 0 spiro atoms. The van der Waals surface area contributed by atoms with Crippen molar-refractivity contribution < 1.29 is 42.8 Å². The summed E-state index contributed by atoms with van der Waals surface area (Å²) in [6.07, 6.45) is 11.0. The largest absolute Gasteiger partial charge is 0.495 e. The summed E-state index contributed by atoms with van der Waals surface area (Å²) in [7, 11) is 10.1. The zero-order valence-corrected chi connectivity index (χ0v) is 60.9. The van der Waals surface area contributed by atoms with E-state index in [0.717, 1.165) is 165 Å². The Bertz CT molecular complexity index is 4780. The van der Waals surface area contributed by atoms with E-state index in [2.05, 4.69) is 107 Å². The number of carbonyl (C=O) groups excluding carboxylic acids is 3. The van der Waals surface area contributed by atoms with Gasteiger partial charge in [0.1, 0.15) is 52.8 Å². The SMILES string of the molecule is C=CC(=O)N1CCC(c2c(COC)c(-c3cc4cc(C)cc(OC)c4s3)c3c(N)ncnn23)C1.C=CC(=O)N1CC[C@@H](c2c(COC)c(-c3cc4cc(C)cc(OC)c4s3)c3c(N)ncnn23)C1.C=CC(=O)N1CC[C@H](c2c(COC)c(-c3cc4cc(C)cc(OC)c4s3)c3c(N)ncnn23)C1. The van der Waals surface area contributed by atoms with E-state index in [-0.39, 0.29) is 35.5 Å². The minimum Gasteiger partial charge on any atom is -0.495 e. The van der Waals surface area contributed by atoms with Gasteiger partial charge in [-0.3, -0.25) is 14.4 Å². The summed E-state index contributed by atoms with van der Waals surface area (Å²) in [6.45, 7) is 22.1. The third kappa shape index (κ3) is 12.7. The molecule has 3 aliphatic rings. The minimum absolute atomic E-state index is 0.0574. The summed E-state index contributed by atoms with van der Waals surface area (Å²) in [5, 5.41) is 17.1. The number of aryl methyl sites for hydroxylation is 3. The fourth-order valence-electron chi connectivity index (χ4n) is 15.0. The van der Waals surface area contributed by atoms with Crippen LogP contribution in [-0.2, 0) is 48.4 Å². The normalized spacial score (nSPS) is 16.0. The van der Waals surface area contributed by atoms with Gasteiger partial charge in [0, 0.05) is 126 Å². The number of nitrogens with zero attached hydrogens (tertiary/aromatic N) is 12. The first-order chi connectivity index (χ1) is 49.4. The van der Waals surface area contributed by atoms with Gasteiger partial charge in [-0.05, 0) is 128 Å². The van der Waals surface area contributed by atoms with Crippen molar-refractivity contribution in [3.63, 3.8) is 0 Å². The Morgan fingerprint density at radius 3 is 0.971 bits per heavy atom. The van der Waals surface area contributed by atoms with Crippen LogP contribution in [0.5, 0.6) is 17.2 Å². The fourth-order valence-corrected chi connectivity index (χ4v) is 18.6. The molecular formula is C75H81N15O9S3. The molecule has 6 N–H and O–H groups in total. The second-order valence-electron chi connectivity index (χ2n) is 25.6. The number of likely N-dealkylation sites (tertiary alicyclic amines) is 3. The molecule has 12 aromatic rings. The molecule has 27 heteroatoms. The van der Waals surface area contributed by atoms with Crippen molar-refractivity contribution in [2.75, 3.05) is 99.1 Å². The van der Waals surface area contributed by atoms with E-state index in [0.29, 0.717) is 76.5 Å². The van der Waals surface area contributed by atoms with Crippen LogP contribution in [0.4, 0.5) is 17.5 Å². The molecule has 528 valence electrons. The molecule has 0 aliphatic carbocycles. The number of amides is 3. The molecule has 24 nitrogen and oxygen atoms in total. The lowest BCUT2D eigenvalue weighted by Crippen LogP contribution is -2.26. The molecule has 9 aromatic heterocycles. The Labute approximate surface area is 601 Å². The van der Waals surface area contributed by atoms with Crippen LogP contribution in [0.1, 0.15) is 87.5 Å². The van der Waals surface area contributed by atoms with Crippen molar-refractivity contribution in [2.45, 2.75) is 77.6 Å². The van der Waals surface area contributed by atoms with Crippen LogP contribution < -0.4 is 31.4 Å². The van der Waals surface area contributed by atoms with Gasteiger partial charge >= 0.3 is 0 Å². The Morgan fingerprint density at radius 1 is 0.451 bits per heavy atom. The average molecular weight is 1430 g/mol. The van der Waals surface area contributed by atoms with Gasteiger partial charge in [-0.25, -0.2) is 28.5 Å². The van der Waals surface area contributed by atoms with Crippen LogP contribution in [0, 0.1) is 20.8 Å². The Hall–Kier alpha value is -10.3. The third-order valence-electron chi connectivity index (χ3n) is 19.3. The van der Waals surface area contributed by atoms with E-state index in [4.69, 9.17) is 45.6 Å². The summed E-state index contributed by atoms with van der Waals surface area (Å²) >= 11 is 4.97. The van der Waals surface area contributed by atoms with Gasteiger partial charge in [0.05, 0.1) is 72.3 Å². The van der Waals surface area contributed by atoms with E-state index < -0.39 is 0 Å². The van der Waals surface area contributed by atoms with Crippen LogP contribution in [-0.4, -0.2) is 158 Å². The molecule has 3 atom stereocenters. The van der Waals surface area contributed by atoms with Crippen LogP contribution >= 0.6 is 34.0 Å². The van der Waals surface area contributed by atoms with Crippen LogP contribution in [0.25, 0.3) is 78.1 Å². The number of thiophene rings is 3. The maximum Gasteiger partial charge on any atom is 0.245 e. The molecule has 0 radical (unpaired) electrons. The molecule has 3 saturated heterocycles. The van der Waals surface area contributed by atoms with Crippen molar-refractivity contribution in [1.29, 1.82) is 0 Å². The number of aromatic nitrogens is 9. The number of ether oxygens (including phenoxy) is 6. The summed E-state index contributed by atoms with van der Waals surface area (Å²) < 4.78 is 42.9. The number of hydrogen-bond acceptors (Lipinski definition) is 21. The van der Waals surface area contributed by atoms with E-state index in [1.54, 1.807) is 76.7 Å². The number of methoxy groups -OCH3 is 6. The number of nitrogens with two attached hydrogens (primary N) is 3. The number of carbonyl (C=O) groups is 3. The summed E-state index contributed by atoms with van der Waals surface area (Å²) in [5.74, 6) is 3.88. The molecule has 3 aliphatic heterocycles. The summed E-state index contributed by atoms with van der Waals surface area (Å²) in [4.78, 5) is 58.3. The van der Waals surface area contributed by atoms with E-state index in [9.17, 15) is 14.4 Å². The first kappa shape index (κ1) is 70.2. The molecule has 102 heavy (non-hydrogen) atoms. The van der Waals surface area contributed by atoms with Gasteiger partial charge in [0.25, 0.3) is 0 Å². The fraction of sp³-hybridized carbons (Fsp3) is 0.320. The lowest BCUT2D eigenvalue weighted by Gasteiger charge is -2.15. The van der Waals surface area contributed by atoms with Gasteiger partial charge in [-0.1, -0.05) is 37.9 Å². The molecule has 1 unspecified atom stereocenters. The highest BCUT2D eigenvalue weighted by Crippen LogP contribution is 2.51. The molecule has 0 bridgehead atoms. The molecule has 12 heterocycles. The quantitative estimate of drug-likeness (QED) is 0.0673. The maximum atomic E-state index is 12.3. The lowest BCUT2D eigenvalue weighted by molar-refractivity contribution is -0.125. The minimum atomic E-state index is -0.0574. The molecule has 0 saturated carbocycles. The smallest absolute Gasteiger partial charge is 0.245 e. The van der Waals surface area contributed by atoms with Gasteiger partial charge in [0.2, 0.25) is 17.7 Å². The number of anilines is 3. The average Bonchev–Trinajstić information content (AvgIpc) is 1.59. The van der Waals surface area contributed by atoms with Crippen LogP contribution in [0.2, 0.25) is 0 Å². The molecule has 3 amide bonds. The third-order valence-corrected chi connectivity index (χ3v) is 22.9. The summed E-state index contributed by atoms with van der Waals surface area (Å²) in [5.41, 5.74) is 34.0. The number of rotatable bonds is 18. The molecule has 3 fully saturated rings. The Morgan fingerprint density at radius 2 is 0.725 bits per heavy atom. The van der Waals surface area contributed by atoms with Crippen molar-refractivity contribution in [3.05, 3.63) is 162 Å². The number of hydrogen-bond donors (Lipinski definition) is 3. The van der Waals surface area contributed by atoms with Crippen LogP contribution in [0.3, 0.4) is 0 Å². The Kier molecular flexibility index (Phi) is 20.2. The highest BCUT2D eigenvalue weighted by atomic mass is 32.1. The van der Waals surface area contributed by atoms with Crippen molar-refractivity contribution in [1.82, 2.24) is 58.5 Å². The van der Waals surface area contributed by atoms with Crippen molar-refractivity contribution in [2.24, 2.45) is 0 Å². The second kappa shape index (κ2) is 29.4. The highest BCUT2D eigenvalue weighted by Gasteiger charge is 2.38. The van der Waals surface area contributed by atoms with E-state index in [1.165, 1.54) is 37.2 Å². The first-order valence-electron chi connectivity index (χ1n) is 33.3. The van der Waals surface area contributed by atoms with Crippen molar-refractivity contribution >= 4 is 116 Å². The number of fused-ring (bicyclic) bond motifs is 6. The monoisotopic (exact) mass is 1430 g/mol. The topological polar surface area (TPSA) is 285 Å². The van der Waals surface area contributed by atoms with Crippen molar-refractivity contribution in [3.8, 4) is 48.6 Å². The van der Waals surface area contributed by atoms with Gasteiger partial charge in [-0.15, -0.1) is 34.0 Å². The first-order valence-corrected chi connectivity index (χ1v) is 35.7. The predicted molar refractivity (Wildman–Crippen MR) is 403 cm³/mol. The van der Waals surface area contributed by atoms with Gasteiger partial charge in [-0.2, -0.15) is 15.3 Å². The summed E-state index contributed by atoms with van der Waals surface area (Å²) in [6, 6.07) is 19.1.